The summed E-state index contributed by atoms with van der Waals surface area (Å²) in [5.74, 6) is -0.505. The van der Waals surface area contributed by atoms with Crippen LogP contribution in [0, 0.1) is 0 Å². The normalized spacial score (nSPS) is 9.90. The Morgan fingerprint density at radius 1 is 1.03 bits per heavy atom. The van der Waals surface area contributed by atoms with E-state index in [2.05, 4.69) is 16.0 Å². The summed E-state index contributed by atoms with van der Waals surface area (Å²) in [5.41, 5.74) is 2.63. The quantitative estimate of drug-likeness (QED) is 0.222. The molecule has 156 valence electrons. The van der Waals surface area contributed by atoms with Crippen molar-refractivity contribution in [1.29, 1.82) is 0 Å². The molecule has 1 aromatic rings. The maximum atomic E-state index is 11.9. The Hall–Kier alpha value is 0.940. The summed E-state index contributed by atoms with van der Waals surface area (Å²) in [4.78, 5) is 34.2. The van der Waals surface area contributed by atoms with Gasteiger partial charge in [0.25, 0.3) is 0 Å². The fraction of sp³-hybridized carbons (Fsp3) is 0.476. The zero-order valence-corrected chi connectivity index (χ0v) is 28.0. The average Bonchev–Trinajstić information content (AvgIpc) is 2.63. The van der Waals surface area contributed by atoms with E-state index in [1.807, 2.05) is 31.2 Å². The van der Waals surface area contributed by atoms with Gasteiger partial charge in [-0.3, -0.25) is 4.79 Å². The number of benzene rings is 1. The van der Waals surface area contributed by atoms with Gasteiger partial charge in [-0.05, 0) is 25.8 Å². The number of carbonyl (C=O) groups is 3. The summed E-state index contributed by atoms with van der Waals surface area (Å²) in [7, 11) is 1.77. The Kier molecular flexibility index (Phi) is 25.8. The monoisotopic (exact) mass is 559 g/mol. The van der Waals surface area contributed by atoms with Gasteiger partial charge in [0.15, 0.2) is 5.78 Å². The number of hydrogen-bond acceptors (Lipinski definition) is 5. The molecular weight excluding hydrogens is 529 g/mol. The minimum absolute atomic E-state index is 0. The fourth-order valence-corrected chi connectivity index (χ4v) is 2.12. The molecule has 0 spiro atoms. The van der Waals surface area contributed by atoms with Crippen molar-refractivity contribution in [2.75, 3.05) is 26.8 Å². The van der Waals surface area contributed by atoms with Gasteiger partial charge in [-0.15, -0.1) is 13.1 Å². The Morgan fingerprint density at radius 2 is 1.63 bits per heavy atom. The first-order chi connectivity index (χ1) is 12.9. The number of hydrogen-bond donors (Lipinski definition) is 1. The maximum absolute atomic E-state index is 11.9. The zero-order valence-electron chi connectivity index (χ0n) is 18.2. The third-order valence-electron chi connectivity index (χ3n) is 3.62. The van der Waals surface area contributed by atoms with Crippen molar-refractivity contribution in [3.63, 3.8) is 0 Å². The van der Waals surface area contributed by atoms with Crippen molar-refractivity contribution in [2.24, 2.45) is 0 Å². The van der Waals surface area contributed by atoms with Crippen LogP contribution in [0.2, 0.25) is 0 Å². The number of amides is 2. The molecule has 0 fully saturated rings. The van der Waals surface area contributed by atoms with Crippen LogP contribution in [0.4, 0.5) is 0 Å². The molecule has 0 unspecified atom stereocenters. The first-order valence-electron chi connectivity index (χ1n) is 8.83. The van der Waals surface area contributed by atoms with E-state index in [9.17, 15) is 14.4 Å². The average molecular weight is 560 g/mol. The molecule has 1 N–H and O–H groups in total. The summed E-state index contributed by atoms with van der Waals surface area (Å²) in [6, 6.07) is 7.45. The molecular formula is C21H31N3O4Rb2. The van der Waals surface area contributed by atoms with Gasteiger partial charge in [0.2, 0.25) is 0 Å². The van der Waals surface area contributed by atoms with E-state index < -0.39 is 0 Å². The van der Waals surface area contributed by atoms with Crippen molar-refractivity contribution in [2.45, 2.75) is 40.7 Å². The van der Waals surface area contributed by atoms with E-state index in [1.165, 1.54) is 6.92 Å². The zero-order chi connectivity index (χ0) is 20.1. The van der Waals surface area contributed by atoms with E-state index in [0.717, 1.165) is 16.8 Å². The standard InChI is InChI=1S/C20H29N3O4.CH4.2Rb/c1-15(21-3)11-19(25)12-17-5-7-18(8-6-17)13-23-20(26)14-27-10-4-9-22-16(2)24;;;/h5-8,11H,4,9-10,12-14H2,1-3H3,(H3,21,22,23,24,25,26);1H4;;/q;;2*+1/p-2. The second-order valence-electron chi connectivity index (χ2n) is 6.05. The molecule has 0 aliphatic rings. The van der Waals surface area contributed by atoms with Gasteiger partial charge >= 0.3 is 116 Å². The van der Waals surface area contributed by atoms with Gasteiger partial charge < -0.3 is 30.3 Å². The van der Waals surface area contributed by atoms with Gasteiger partial charge in [0, 0.05) is 37.8 Å². The fourth-order valence-electron chi connectivity index (χ4n) is 2.12. The van der Waals surface area contributed by atoms with Crippen LogP contribution in [-0.2, 0) is 32.1 Å². The maximum Gasteiger partial charge on any atom is 1.00 e. The number of carbonyl (C=O) groups excluding carboxylic acids is 3. The molecule has 0 heterocycles. The van der Waals surface area contributed by atoms with Gasteiger partial charge in [-0.25, -0.2) is 0 Å². The molecule has 0 aliphatic carbocycles. The van der Waals surface area contributed by atoms with Gasteiger partial charge in [-0.1, -0.05) is 37.3 Å². The smallest absolute Gasteiger partial charge is 0.654 e. The van der Waals surface area contributed by atoms with E-state index >= 15 is 0 Å². The minimum atomic E-state index is -0.328. The van der Waals surface area contributed by atoms with Crippen molar-refractivity contribution in [3.8, 4) is 0 Å². The van der Waals surface area contributed by atoms with Crippen molar-refractivity contribution in [3.05, 3.63) is 57.8 Å². The predicted molar refractivity (Wildman–Crippen MR) is 111 cm³/mol. The van der Waals surface area contributed by atoms with Gasteiger partial charge in [0.05, 0.1) is 12.5 Å². The molecule has 1 aromatic carbocycles. The van der Waals surface area contributed by atoms with Crippen LogP contribution in [0.15, 0.2) is 36.0 Å². The minimum Gasteiger partial charge on any atom is -0.654 e. The second-order valence-corrected chi connectivity index (χ2v) is 6.05. The first-order valence-corrected chi connectivity index (χ1v) is 8.83. The predicted octanol–water partition coefficient (Wildman–Crippen LogP) is -2.71. The van der Waals surface area contributed by atoms with Crippen molar-refractivity contribution < 1.29 is 135 Å². The molecule has 0 radical (unpaired) electrons. The Morgan fingerprint density at radius 3 is 2.20 bits per heavy atom. The molecule has 9 heteroatoms. The van der Waals surface area contributed by atoms with Crippen LogP contribution in [0.25, 0.3) is 10.6 Å². The van der Waals surface area contributed by atoms with Crippen molar-refractivity contribution in [1.82, 2.24) is 5.32 Å². The second kappa shape index (κ2) is 21.8. The molecule has 0 bridgehead atoms. The van der Waals surface area contributed by atoms with Crippen LogP contribution in [-0.4, -0.2) is 44.4 Å². The molecule has 1 rings (SSSR count). The molecule has 0 saturated carbocycles. The number of nitrogens with one attached hydrogen (secondary N) is 1. The first kappa shape index (κ1) is 35.5. The molecule has 0 aliphatic heterocycles. The third kappa shape index (κ3) is 18.5. The summed E-state index contributed by atoms with van der Waals surface area (Å²) < 4.78 is 5.21. The number of ether oxygens (including phenoxy) is 1. The summed E-state index contributed by atoms with van der Waals surface area (Å²) in [6.45, 7) is 4.20. The van der Waals surface area contributed by atoms with E-state index in [-0.39, 0.29) is 155 Å². The molecule has 0 aromatic heterocycles. The largest absolute Gasteiger partial charge is 1.00 e. The number of ketones is 1. The summed E-state index contributed by atoms with van der Waals surface area (Å²) in [5, 5.41) is 10.6. The summed E-state index contributed by atoms with van der Waals surface area (Å²) in [6.07, 6.45) is 2.51. The Labute approximate surface area is 278 Å². The van der Waals surface area contributed by atoms with Gasteiger partial charge in [0.1, 0.15) is 0 Å². The van der Waals surface area contributed by atoms with Crippen LogP contribution < -0.4 is 122 Å². The Bertz CT molecular complexity index is 665. The third-order valence-corrected chi connectivity index (χ3v) is 3.62. The number of nitrogens with zero attached hydrogens (tertiary/aromatic N) is 2. The molecule has 30 heavy (non-hydrogen) atoms. The SMILES string of the molecule is C.CN/C(C)=C\C(=O)Cc1ccc(C[N-]C(=O)COCCC[N-]C(C)=O)cc1.[Rb+].[Rb+]. The summed E-state index contributed by atoms with van der Waals surface area (Å²) >= 11 is 0. The Balaban J connectivity index is -0.00000243. The topological polar surface area (TPSA) is 101 Å². The molecule has 7 nitrogen and oxygen atoms in total. The number of allylic oxidation sites excluding steroid dienone is 2. The molecule has 2 amide bonds. The van der Waals surface area contributed by atoms with Crippen LogP contribution in [0.1, 0.15) is 38.8 Å². The van der Waals surface area contributed by atoms with Gasteiger partial charge in [-0.2, -0.15) is 0 Å². The van der Waals surface area contributed by atoms with Crippen LogP contribution >= 0.6 is 0 Å². The van der Waals surface area contributed by atoms with E-state index in [4.69, 9.17) is 4.74 Å². The van der Waals surface area contributed by atoms with Crippen molar-refractivity contribution >= 4 is 17.6 Å². The number of rotatable bonds is 12. The van der Waals surface area contributed by atoms with E-state index in [1.54, 1.807) is 13.1 Å². The molecule has 0 saturated heterocycles. The van der Waals surface area contributed by atoms with Crippen LogP contribution in [0.5, 0.6) is 0 Å². The van der Waals surface area contributed by atoms with E-state index in [0.29, 0.717) is 26.0 Å². The van der Waals surface area contributed by atoms with Crippen LogP contribution in [0.3, 0.4) is 0 Å². The molecule has 0 atom stereocenters.